The summed E-state index contributed by atoms with van der Waals surface area (Å²) in [7, 11) is 1.49. The van der Waals surface area contributed by atoms with E-state index in [1.54, 1.807) is 6.07 Å². The number of ether oxygens (including phenoxy) is 1. The van der Waals surface area contributed by atoms with E-state index in [1.165, 1.54) is 13.2 Å². The first-order valence-electron chi connectivity index (χ1n) is 7.39. The zero-order valence-corrected chi connectivity index (χ0v) is 14.3. The second-order valence-corrected chi connectivity index (χ2v) is 6.20. The largest absolute Gasteiger partial charge is 0.493 e. The molecule has 1 fully saturated rings. The molecule has 1 aliphatic heterocycles. The van der Waals surface area contributed by atoms with Crippen LogP contribution in [0.5, 0.6) is 5.75 Å². The lowest BCUT2D eigenvalue weighted by atomic mass is 9.79. The number of halogens is 2. The quantitative estimate of drug-likeness (QED) is 0.868. The number of aliphatic hydroxyl groups is 1. The van der Waals surface area contributed by atoms with E-state index in [9.17, 15) is 9.50 Å². The van der Waals surface area contributed by atoms with Crippen LogP contribution in [0.25, 0.3) is 0 Å². The molecule has 1 saturated heterocycles. The van der Waals surface area contributed by atoms with Crippen LogP contribution in [0.1, 0.15) is 25.5 Å². The highest BCUT2D eigenvalue weighted by Crippen LogP contribution is 2.42. The molecule has 0 unspecified atom stereocenters. The Balaban J connectivity index is 0.00000242. The molecule has 0 saturated carbocycles. The van der Waals surface area contributed by atoms with Crippen LogP contribution in [-0.2, 0) is 0 Å². The van der Waals surface area contributed by atoms with E-state index in [4.69, 9.17) is 4.74 Å². The van der Waals surface area contributed by atoms with Crippen LogP contribution in [0.3, 0.4) is 0 Å². The fraction of sp³-hybridized carbons (Fsp3) is 0.625. The van der Waals surface area contributed by atoms with Gasteiger partial charge < -0.3 is 15.2 Å². The first-order chi connectivity index (χ1) is 10.0. The molecule has 0 bridgehead atoms. The number of piperazine rings is 1. The average molecular weight is 333 g/mol. The minimum Gasteiger partial charge on any atom is -0.493 e. The second-order valence-electron chi connectivity index (χ2n) is 6.20. The van der Waals surface area contributed by atoms with Crippen molar-refractivity contribution in [2.24, 2.45) is 5.41 Å². The maximum atomic E-state index is 14.1. The molecule has 2 rings (SSSR count). The molecule has 126 valence electrons. The third-order valence-electron chi connectivity index (χ3n) is 4.16. The molecule has 2 N–H and O–H groups in total. The molecular formula is C16H26ClFN2O2. The van der Waals surface area contributed by atoms with Crippen LogP contribution in [0.4, 0.5) is 4.39 Å². The Morgan fingerprint density at radius 3 is 2.55 bits per heavy atom. The van der Waals surface area contributed by atoms with E-state index in [0.29, 0.717) is 0 Å². The molecule has 1 atom stereocenters. The molecule has 22 heavy (non-hydrogen) atoms. The summed E-state index contributed by atoms with van der Waals surface area (Å²) in [6, 6.07) is 4.92. The van der Waals surface area contributed by atoms with E-state index in [1.807, 2.05) is 19.9 Å². The van der Waals surface area contributed by atoms with Crippen LogP contribution in [0.2, 0.25) is 0 Å². The van der Waals surface area contributed by atoms with Gasteiger partial charge in [0.05, 0.1) is 7.11 Å². The summed E-state index contributed by atoms with van der Waals surface area (Å²) in [6.45, 7) is 7.57. The Morgan fingerprint density at radius 1 is 1.36 bits per heavy atom. The maximum Gasteiger partial charge on any atom is 0.165 e. The van der Waals surface area contributed by atoms with E-state index in [2.05, 4.69) is 10.2 Å². The molecule has 1 aromatic carbocycles. The van der Waals surface area contributed by atoms with Crippen molar-refractivity contribution in [1.82, 2.24) is 10.2 Å². The smallest absolute Gasteiger partial charge is 0.165 e. The predicted octanol–water partition coefficient (Wildman–Crippen LogP) is 2.22. The van der Waals surface area contributed by atoms with Crippen LogP contribution in [0, 0.1) is 11.2 Å². The summed E-state index contributed by atoms with van der Waals surface area (Å²) in [6.07, 6.45) is 0. The number of para-hydroxylation sites is 1. The van der Waals surface area contributed by atoms with Crippen molar-refractivity contribution in [3.05, 3.63) is 29.6 Å². The zero-order valence-electron chi connectivity index (χ0n) is 13.4. The van der Waals surface area contributed by atoms with E-state index in [0.717, 1.165) is 31.7 Å². The maximum absolute atomic E-state index is 14.1. The van der Waals surface area contributed by atoms with Gasteiger partial charge >= 0.3 is 0 Å². The standard InChI is InChI=1S/C16H25FN2O2.ClH/c1-16(2,11-20)15(19-9-7-18-8-10-19)12-5-4-6-13(17)14(12)21-3;/h4-6,15,18,20H,7-11H2,1-3H3;1H/t15-;/m1./s1. The summed E-state index contributed by atoms with van der Waals surface area (Å²) in [4.78, 5) is 2.30. The fourth-order valence-electron chi connectivity index (χ4n) is 3.09. The van der Waals surface area contributed by atoms with E-state index in [-0.39, 0.29) is 36.6 Å². The second kappa shape index (κ2) is 8.11. The lowest BCUT2D eigenvalue weighted by Gasteiger charge is -2.43. The van der Waals surface area contributed by atoms with E-state index >= 15 is 0 Å². The van der Waals surface area contributed by atoms with E-state index < -0.39 is 5.41 Å². The van der Waals surface area contributed by atoms with Crippen LogP contribution in [0.15, 0.2) is 18.2 Å². The van der Waals surface area contributed by atoms with Gasteiger partial charge in [-0.05, 0) is 6.07 Å². The van der Waals surface area contributed by atoms with Gasteiger partial charge in [-0.3, -0.25) is 4.90 Å². The number of hydrogen-bond donors (Lipinski definition) is 2. The molecule has 0 spiro atoms. The minimum atomic E-state index is -0.390. The van der Waals surface area contributed by atoms with Gasteiger partial charge in [-0.15, -0.1) is 12.4 Å². The molecule has 6 heteroatoms. The predicted molar refractivity (Wildman–Crippen MR) is 88.3 cm³/mol. The third-order valence-corrected chi connectivity index (χ3v) is 4.16. The third kappa shape index (κ3) is 3.90. The molecule has 1 aromatic rings. The molecule has 0 aromatic heterocycles. The highest BCUT2D eigenvalue weighted by molar-refractivity contribution is 5.85. The van der Waals surface area contributed by atoms with Gasteiger partial charge in [-0.2, -0.15) is 0 Å². The van der Waals surface area contributed by atoms with Crippen molar-refractivity contribution in [2.45, 2.75) is 19.9 Å². The van der Waals surface area contributed by atoms with Crippen molar-refractivity contribution in [1.29, 1.82) is 0 Å². The molecule has 1 aliphatic rings. The van der Waals surface area contributed by atoms with Gasteiger partial charge in [0.2, 0.25) is 0 Å². The number of aliphatic hydroxyl groups excluding tert-OH is 1. The first kappa shape index (κ1) is 19.2. The Morgan fingerprint density at radius 2 is 2.00 bits per heavy atom. The Labute approximate surface area is 138 Å². The number of benzene rings is 1. The summed E-state index contributed by atoms with van der Waals surface area (Å²) in [5, 5.41) is 13.1. The highest BCUT2D eigenvalue weighted by Gasteiger charge is 2.37. The molecule has 0 radical (unpaired) electrons. The van der Waals surface area contributed by atoms with Gasteiger partial charge in [-0.25, -0.2) is 4.39 Å². The number of hydrogen-bond acceptors (Lipinski definition) is 4. The van der Waals surface area contributed by atoms with Crippen molar-refractivity contribution in [2.75, 3.05) is 39.9 Å². The van der Waals surface area contributed by atoms with Crippen LogP contribution < -0.4 is 10.1 Å². The lowest BCUT2D eigenvalue weighted by Crippen LogP contribution is -2.49. The van der Waals surface area contributed by atoms with Crippen LogP contribution in [-0.4, -0.2) is 49.9 Å². The molecule has 0 aliphatic carbocycles. The lowest BCUT2D eigenvalue weighted by molar-refractivity contribution is 0.0290. The summed E-state index contributed by atoms with van der Waals surface area (Å²) in [5.74, 6) is -0.0774. The van der Waals surface area contributed by atoms with Gasteiger partial charge in [0, 0.05) is 49.8 Å². The van der Waals surface area contributed by atoms with Crippen molar-refractivity contribution < 1.29 is 14.2 Å². The highest BCUT2D eigenvalue weighted by atomic mass is 35.5. The van der Waals surface area contributed by atoms with Crippen LogP contribution >= 0.6 is 12.4 Å². The average Bonchev–Trinajstić information content (AvgIpc) is 2.48. The topological polar surface area (TPSA) is 44.7 Å². The first-order valence-corrected chi connectivity index (χ1v) is 7.39. The van der Waals surface area contributed by atoms with Gasteiger partial charge in [-0.1, -0.05) is 26.0 Å². The number of nitrogens with one attached hydrogen (secondary N) is 1. The Bertz CT molecular complexity index is 479. The van der Waals surface area contributed by atoms with Crippen molar-refractivity contribution in [3.8, 4) is 5.75 Å². The molecular weight excluding hydrogens is 307 g/mol. The molecule has 1 heterocycles. The normalized spacial score (nSPS) is 17.7. The summed E-state index contributed by atoms with van der Waals surface area (Å²) < 4.78 is 19.3. The van der Waals surface area contributed by atoms with Crippen molar-refractivity contribution >= 4 is 12.4 Å². The van der Waals surface area contributed by atoms with Gasteiger partial charge in [0.25, 0.3) is 0 Å². The number of methoxy groups -OCH3 is 1. The minimum absolute atomic E-state index is 0. The summed E-state index contributed by atoms with van der Waals surface area (Å²) in [5.41, 5.74) is 0.414. The molecule has 4 nitrogen and oxygen atoms in total. The molecule has 0 amide bonds. The number of rotatable bonds is 5. The fourth-order valence-corrected chi connectivity index (χ4v) is 3.09. The van der Waals surface area contributed by atoms with Gasteiger partial charge in [0.1, 0.15) is 0 Å². The SMILES string of the molecule is COc1c(F)cccc1[C@@H](N1CCNCC1)C(C)(C)CO.Cl. The Kier molecular flexibility index (Phi) is 7.06. The summed E-state index contributed by atoms with van der Waals surface area (Å²) >= 11 is 0. The monoisotopic (exact) mass is 332 g/mol. The Hall–Kier alpha value is -0.880. The van der Waals surface area contributed by atoms with Gasteiger partial charge in [0.15, 0.2) is 11.6 Å². The zero-order chi connectivity index (χ0) is 15.5. The van der Waals surface area contributed by atoms with Crippen molar-refractivity contribution in [3.63, 3.8) is 0 Å². The number of nitrogens with zero attached hydrogens (tertiary/aromatic N) is 1.